The van der Waals surface area contributed by atoms with Gasteiger partial charge >= 0.3 is 5.97 Å². The van der Waals surface area contributed by atoms with Crippen LogP contribution in [0.4, 0.5) is 0 Å². The largest absolute Gasteiger partial charge is 0.462 e. The molecule has 0 fully saturated rings. The molecule has 0 atom stereocenters. The number of nitrogens with zero attached hydrogens (tertiary/aromatic N) is 2. The van der Waals surface area contributed by atoms with E-state index in [4.69, 9.17) is 21.6 Å². The number of pyridine rings is 1. The first-order chi connectivity index (χ1) is 10.7. The Bertz CT molecular complexity index is 749. The summed E-state index contributed by atoms with van der Waals surface area (Å²) < 4.78 is 4.83. The third kappa shape index (κ3) is 3.72. The Morgan fingerprint density at radius 3 is 2.73 bits per heavy atom. The van der Waals surface area contributed by atoms with E-state index in [0.717, 1.165) is 11.1 Å². The molecule has 0 spiro atoms. The summed E-state index contributed by atoms with van der Waals surface area (Å²) in [6.07, 6.45) is 3.03. The smallest absolute Gasteiger partial charge is 0.348 e. The zero-order chi connectivity index (χ0) is 15.9. The van der Waals surface area contributed by atoms with E-state index >= 15 is 0 Å². The number of benzene rings is 1. The van der Waals surface area contributed by atoms with Gasteiger partial charge in [-0.25, -0.2) is 9.78 Å². The summed E-state index contributed by atoms with van der Waals surface area (Å²) in [4.78, 5) is 15.8. The van der Waals surface area contributed by atoms with Gasteiger partial charge in [-0.15, -0.1) is 0 Å². The highest BCUT2D eigenvalue weighted by Gasteiger charge is 2.12. The van der Waals surface area contributed by atoms with Crippen LogP contribution in [0.15, 0.2) is 48.2 Å². The molecule has 4 nitrogen and oxygen atoms in total. The summed E-state index contributed by atoms with van der Waals surface area (Å²) in [5.74, 6) is -0.675. The van der Waals surface area contributed by atoms with Crippen molar-refractivity contribution in [3.8, 4) is 17.2 Å². The maximum Gasteiger partial charge on any atom is 0.348 e. The molecule has 1 heterocycles. The Kier molecular flexibility index (Phi) is 5.29. The van der Waals surface area contributed by atoms with E-state index in [-0.39, 0.29) is 17.3 Å². The van der Waals surface area contributed by atoms with E-state index in [1.54, 1.807) is 19.2 Å². The third-order valence-corrected chi connectivity index (χ3v) is 3.20. The Hall–Kier alpha value is -2.64. The average Bonchev–Trinajstić information content (AvgIpc) is 2.55. The van der Waals surface area contributed by atoms with E-state index in [1.807, 2.05) is 36.4 Å². The second-order valence-corrected chi connectivity index (χ2v) is 4.72. The Balaban J connectivity index is 2.43. The van der Waals surface area contributed by atoms with E-state index in [9.17, 15) is 4.79 Å². The highest BCUT2D eigenvalue weighted by Crippen LogP contribution is 2.24. The third-order valence-electron chi connectivity index (χ3n) is 2.89. The van der Waals surface area contributed by atoms with Gasteiger partial charge in [0.15, 0.2) is 0 Å². The van der Waals surface area contributed by atoms with Crippen molar-refractivity contribution >= 4 is 23.6 Å². The van der Waals surface area contributed by atoms with Gasteiger partial charge in [-0.3, -0.25) is 0 Å². The van der Waals surface area contributed by atoms with Crippen molar-refractivity contribution < 1.29 is 9.53 Å². The van der Waals surface area contributed by atoms with E-state index in [0.29, 0.717) is 5.56 Å². The van der Waals surface area contributed by atoms with Crippen LogP contribution in [0, 0.1) is 11.3 Å². The van der Waals surface area contributed by atoms with Crippen molar-refractivity contribution in [3.63, 3.8) is 0 Å². The summed E-state index contributed by atoms with van der Waals surface area (Å²) in [5.41, 5.74) is 2.19. The van der Waals surface area contributed by atoms with E-state index < -0.39 is 5.97 Å². The van der Waals surface area contributed by atoms with Gasteiger partial charge in [-0.1, -0.05) is 41.9 Å². The van der Waals surface area contributed by atoms with Crippen LogP contribution in [0.1, 0.15) is 12.5 Å². The van der Waals surface area contributed by atoms with Crippen molar-refractivity contribution in [3.05, 3.63) is 58.9 Å². The number of carbonyl (C=O) groups excluding carboxylic acids is 1. The fraction of sp³-hybridized carbons (Fsp3) is 0.118. The van der Waals surface area contributed by atoms with Gasteiger partial charge < -0.3 is 4.74 Å². The number of esters is 1. The molecule has 1 aromatic heterocycles. The normalized spacial score (nSPS) is 10.9. The summed E-state index contributed by atoms with van der Waals surface area (Å²) in [6, 6.07) is 13.2. The number of nitriles is 1. The molecule has 0 amide bonds. The lowest BCUT2D eigenvalue weighted by atomic mass is 10.1. The summed E-state index contributed by atoms with van der Waals surface area (Å²) in [7, 11) is 0. The minimum Gasteiger partial charge on any atom is -0.462 e. The van der Waals surface area contributed by atoms with Crippen molar-refractivity contribution in [2.24, 2.45) is 0 Å². The molecule has 0 saturated heterocycles. The van der Waals surface area contributed by atoms with Gasteiger partial charge in [-0.2, -0.15) is 5.26 Å². The van der Waals surface area contributed by atoms with Crippen LogP contribution in [0.25, 0.3) is 17.2 Å². The second-order valence-electron chi connectivity index (χ2n) is 4.36. The maximum atomic E-state index is 11.7. The number of carbonyl (C=O) groups is 1. The fourth-order valence-corrected chi connectivity index (χ4v) is 2.01. The summed E-state index contributed by atoms with van der Waals surface area (Å²) in [5, 5.41) is 9.30. The Morgan fingerprint density at radius 2 is 2.09 bits per heavy atom. The van der Waals surface area contributed by atoms with Crippen LogP contribution in [-0.4, -0.2) is 17.6 Å². The van der Waals surface area contributed by atoms with E-state index in [1.165, 1.54) is 6.08 Å². The summed E-state index contributed by atoms with van der Waals surface area (Å²) in [6.45, 7) is 1.88. The van der Waals surface area contributed by atoms with Crippen LogP contribution in [0.3, 0.4) is 0 Å². The molecule has 0 saturated carbocycles. The number of ether oxygens (including phenoxy) is 1. The molecule has 0 N–H and O–H groups in total. The first-order valence-corrected chi connectivity index (χ1v) is 7.03. The van der Waals surface area contributed by atoms with E-state index in [2.05, 4.69) is 4.98 Å². The minimum atomic E-state index is -0.675. The molecule has 0 bridgehead atoms. The first-order valence-electron chi connectivity index (χ1n) is 6.65. The highest BCUT2D eigenvalue weighted by atomic mass is 35.5. The predicted octanol–water partition coefficient (Wildman–Crippen LogP) is 3.87. The predicted molar refractivity (Wildman–Crippen MR) is 84.9 cm³/mol. The highest BCUT2D eigenvalue weighted by molar-refractivity contribution is 6.31. The molecular weight excluding hydrogens is 300 g/mol. The zero-order valence-corrected chi connectivity index (χ0v) is 12.7. The van der Waals surface area contributed by atoms with Gasteiger partial charge in [0.25, 0.3) is 0 Å². The molecule has 5 heteroatoms. The van der Waals surface area contributed by atoms with Gasteiger partial charge in [-0.05, 0) is 24.6 Å². The number of aromatic nitrogens is 1. The molecule has 2 rings (SSSR count). The molecule has 110 valence electrons. The Morgan fingerprint density at radius 1 is 1.36 bits per heavy atom. The Labute approximate surface area is 133 Å². The topological polar surface area (TPSA) is 63.0 Å². The molecule has 22 heavy (non-hydrogen) atoms. The van der Waals surface area contributed by atoms with Gasteiger partial charge in [0.05, 0.1) is 6.61 Å². The zero-order valence-electron chi connectivity index (χ0n) is 11.9. The van der Waals surface area contributed by atoms with Gasteiger partial charge in [0, 0.05) is 17.3 Å². The van der Waals surface area contributed by atoms with Gasteiger partial charge in [0.2, 0.25) is 0 Å². The van der Waals surface area contributed by atoms with Crippen molar-refractivity contribution in [1.82, 2.24) is 4.98 Å². The lowest BCUT2D eigenvalue weighted by Gasteiger charge is -2.05. The lowest BCUT2D eigenvalue weighted by Crippen LogP contribution is -2.06. The van der Waals surface area contributed by atoms with Crippen LogP contribution in [0.2, 0.25) is 5.15 Å². The SMILES string of the molecule is CCOC(=O)/C(C#N)=C/c1cc(-c2ccccc2)cnc1Cl. The monoisotopic (exact) mass is 312 g/mol. The fourth-order valence-electron chi connectivity index (χ4n) is 1.86. The van der Waals surface area contributed by atoms with Crippen molar-refractivity contribution in [2.45, 2.75) is 6.92 Å². The molecule has 0 aliphatic rings. The number of hydrogen-bond acceptors (Lipinski definition) is 4. The molecular formula is C17H13ClN2O2. The molecule has 1 aromatic carbocycles. The van der Waals surface area contributed by atoms with Crippen LogP contribution in [0.5, 0.6) is 0 Å². The molecule has 0 aliphatic carbocycles. The minimum absolute atomic E-state index is 0.115. The van der Waals surface area contributed by atoms with Crippen LogP contribution >= 0.6 is 11.6 Å². The average molecular weight is 313 g/mol. The van der Waals surface area contributed by atoms with Crippen LogP contribution in [-0.2, 0) is 9.53 Å². The first kappa shape index (κ1) is 15.7. The standard InChI is InChI=1S/C17H13ClN2O2/c1-2-22-17(21)14(10-19)8-13-9-15(11-20-16(13)18)12-6-4-3-5-7-12/h3-9,11H,2H2,1H3/b14-8+. The molecule has 2 aromatic rings. The number of hydrogen-bond donors (Lipinski definition) is 0. The van der Waals surface area contributed by atoms with Crippen LogP contribution < -0.4 is 0 Å². The maximum absolute atomic E-state index is 11.7. The van der Waals surface area contributed by atoms with Crippen molar-refractivity contribution in [2.75, 3.05) is 6.61 Å². The van der Waals surface area contributed by atoms with Crippen molar-refractivity contribution in [1.29, 1.82) is 5.26 Å². The molecule has 0 unspecified atom stereocenters. The second kappa shape index (κ2) is 7.39. The summed E-state index contributed by atoms with van der Waals surface area (Å²) >= 11 is 6.05. The number of halogens is 1. The molecule has 0 radical (unpaired) electrons. The van der Waals surface area contributed by atoms with Gasteiger partial charge in [0.1, 0.15) is 16.8 Å². The lowest BCUT2D eigenvalue weighted by molar-refractivity contribution is -0.137. The number of rotatable bonds is 4. The molecule has 0 aliphatic heterocycles. The quantitative estimate of drug-likeness (QED) is 0.372.